The van der Waals surface area contributed by atoms with E-state index in [4.69, 9.17) is 9.47 Å². The van der Waals surface area contributed by atoms with Crippen molar-refractivity contribution in [1.82, 2.24) is 0 Å². The van der Waals surface area contributed by atoms with Crippen LogP contribution in [-0.4, -0.2) is 63.8 Å². The highest BCUT2D eigenvalue weighted by Gasteiger charge is 2.36. The van der Waals surface area contributed by atoms with Crippen LogP contribution in [0.3, 0.4) is 0 Å². The topological polar surface area (TPSA) is 253 Å². The predicted octanol–water partition coefficient (Wildman–Crippen LogP) is 6.23. The third-order valence-electron chi connectivity index (χ3n) is 8.46. The number of ether oxygens (including phenoxy) is 2. The third kappa shape index (κ3) is 9.48. The van der Waals surface area contributed by atoms with E-state index in [1.54, 1.807) is 43.3 Å². The van der Waals surface area contributed by atoms with Crippen molar-refractivity contribution in [2.75, 3.05) is 0 Å². The lowest BCUT2D eigenvalue weighted by molar-refractivity contribution is 0.103. The molecule has 4 aromatic carbocycles. The molecule has 0 aromatic heterocycles. The molecule has 0 aliphatic heterocycles. The molecule has 1 atom stereocenters. The van der Waals surface area contributed by atoms with Crippen molar-refractivity contribution in [2.45, 2.75) is 78.6 Å². The van der Waals surface area contributed by atoms with Gasteiger partial charge in [0.1, 0.15) is 21.3 Å². The second-order valence-corrected chi connectivity index (χ2v) is 18.2. The first kappa shape index (κ1) is 41.5. The van der Waals surface area contributed by atoms with E-state index in [0.717, 1.165) is 12.0 Å². The minimum atomic E-state index is -5.47. The molecule has 0 saturated carbocycles. The monoisotopic (exact) mass is 812 g/mol. The number of ketones is 1. The SMILES string of the molecule is CCC(C)Oc1ccc(-c2ccc(Oc3c(S(=O)(=O)O)cc(C(=O)c4cc(S(=O)(=O)O)c(C(C)(C)CC)c(S(=O)(=O)O)c4)cc3S(=O)(=O)O)cc2)cc1. The van der Waals surface area contributed by atoms with Gasteiger partial charge < -0.3 is 9.47 Å². The first-order valence-corrected chi connectivity index (χ1v) is 21.4. The van der Waals surface area contributed by atoms with Gasteiger partial charge in [0.25, 0.3) is 40.5 Å². The molecule has 4 N–H and O–H groups in total. The van der Waals surface area contributed by atoms with E-state index < -0.39 is 93.7 Å². The van der Waals surface area contributed by atoms with Gasteiger partial charge in [0.15, 0.2) is 11.5 Å². The van der Waals surface area contributed by atoms with Crippen molar-refractivity contribution in [2.24, 2.45) is 0 Å². The second-order valence-electron chi connectivity index (χ2n) is 12.6. The van der Waals surface area contributed by atoms with Gasteiger partial charge in [-0.3, -0.25) is 23.0 Å². The molecule has 15 nitrogen and oxygen atoms in total. The number of rotatable bonds is 14. The van der Waals surface area contributed by atoms with Crippen molar-refractivity contribution < 1.29 is 66.2 Å². The number of carbonyl (C=O) groups excluding carboxylic acids is 1. The fourth-order valence-corrected chi connectivity index (χ4v) is 8.50. The summed E-state index contributed by atoms with van der Waals surface area (Å²) < 4.78 is 152. The Labute approximate surface area is 307 Å². The normalized spacial score (nSPS) is 13.4. The van der Waals surface area contributed by atoms with Crippen LogP contribution in [0.5, 0.6) is 17.2 Å². The Morgan fingerprint density at radius 2 is 0.981 bits per heavy atom. The molecule has 0 bridgehead atoms. The largest absolute Gasteiger partial charge is 0.491 e. The van der Waals surface area contributed by atoms with Gasteiger partial charge in [-0.1, -0.05) is 52.0 Å². The van der Waals surface area contributed by atoms with Gasteiger partial charge in [-0.25, -0.2) is 0 Å². The van der Waals surface area contributed by atoms with E-state index in [0.29, 0.717) is 35.6 Å². The molecule has 0 radical (unpaired) electrons. The Hall–Kier alpha value is -4.21. The van der Waals surface area contributed by atoms with Gasteiger partial charge in [-0.05, 0) is 90.4 Å². The Kier molecular flexibility index (Phi) is 11.7. The van der Waals surface area contributed by atoms with Crippen molar-refractivity contribution in [3.05, 3.63) is 89.5 Å². The summed E-state index contributed by atoms with van der Waals surface area (Å²) in [6.07, 6.45) is 0.888. The maximum Gasteiger partial charge on any atom is 0.298 e. The van der Waals surface area contributed by atoms with Crippen LogP contribution in [0.1, 0.15) is 68.9 Å². The molecule has 0 heterocycles. The molecule has 19 heteroatoms. The molecule has 53 heavy (non-hydrogen) atoms. The summed E-state index contributed by atoms with van der Waals surface area (Å²) in [5.41, 5.74) is -2.32. The van der Waals surface area contributed by atoms with Crippen molar-refractivity contribution in [3.8, 4) is 28.4 Å². The highest BCUT2D eigenvalue weighted by molar-refractivity contribution is 7.87. The average molecular weight is 813 g/mol. The first-order chi connectivity index (χ1) is 24.3. The molecule has 0 amide bonds. The van der Waals surface area contributed by atoms with E-state index in [1.165, 1.54) is 26.0 Å². The van der Waals surface area contributed by atoms with Crippen LogP contribution in [0.15, 0.2) is 92.4 Å². The first-order valence-electron chi connectivity index (χ1n) is 15.6. The van der Waals surface area contributed by atoms with Crippen molar-refractivity contribution in [3.63, 3.8) is 0 Å². The molecule has 0 fully saturated rings. The maximum atomic E-state index is 13.8. The van der Waals surface area contributed by atoms with Gasteiger partial charge in [-0.15, -0.1) is 0 Å². The molecule has 1 unspecified atom stereocenters. The van der Waals surface area contributed by atoms with Gasteiger partial charge >= 0.3 is 0 Å². The van der Waals surface area contributed by atoms with Crippen LogP contribution < -0.4 is 9.47 Å². The predicted molar refractivity (Wildman–Crippen MR) is 191 cm³/mol. The lowest BCUT2D eigenvalue weighted by Gasteiger charge is -2.28. The number of benzene rings is 4. The van der Waals surface area contributed by atoms with Gasteiger partial charge in [0.05, 0.1) is 15.9 Å². The summed E-state index contributed by atoms with van der Waals surface area (Å²) in [7, 11) is -21.5. The van der Waals surface area contributed by atoms with Crippen molar-refractivity contribution >= 4 is 46.3 Å². The minimum Gasteiger partial charge on any atom is -0.491 e. The summed E-state index contributed by atoms with van der Waals surface area (Å²) in [5, 5.41) is 0. The Morgan fingerprint density at radius 1 is 0.623 bits per heavy atom. The minimum absolute atomic E-state index is 0.00494. The smallest absolute Gasteiger partial charge is 0.298 e. The van der Waals surface area contributed by atoms with Crippen LogP contribution in [-0.2, 0) is 45.9 Å². The summed E-state index contributed by atoms with van der Waals surface area (Å²) in [6.45, 7) is 8.26. The van der Waals surface area contributed by atoms with E-state index in [9.17, 15) is 56.7 Å². The highest BCUT2D eigenvalue weighted by Crippen LogP contribution is 2.41. The van der Waals surface area contributed by atoms with Crippen LogP contribution in [0.2, 0.25) is 0 Å². The fourth-order valence-electron chi connectivity index (χ4n) is 5.20. The standard InChI is InChI=1S/C34H36O15S4/c1-6-20(3)48-25-12-8-21(9-13-25)22-10-14-26(15-11-22)49-33-29(52(42,43)44)18-24(19-30(33)53(45,46)47)32(35)23-16-27(50(36,37)38)31(34(4,5)7-2)28(17-23)51(39,40)41/h8-20H,6-7H2,1-5H3,(H,36,37,38)(H,39,40,41)(H,42,43,44)(H,45,46,47). The number of carbonyl (C=O) groups is 1. The molecule has 286 valence electrons. The van der Waals surface area contributed by atoms with E-state index in [2.05, 4.69) is 0 Å². The Morgan fingerprint density at radius 3 is 1.32 bits per heavy atom. The summed E-state index contributed by atoms with van der Waals surface area (Å²) in [4.78, 5) is 8.93. The summed E-state index contributed by atoms with van der Waals surface area (Å²) in [6, 6.07) is 14.8. The Bertz CT molecular complexity index is 2400. The molecule has 4 rings (SSSR count). The zero-order valence-electron chi connectivity index (χ0n) is 28.8. The maximum absolute atomic E-state index is 13.8. The molecule has 0 saturated heterocycles. The number of hydrogen-bond donors (Lipinski definition) is 4. The van der Waals surface area contributed by atoms with Crippen LogP contribution in [0.4, 0.5) is 0 Å². The van der Waals surface area contributed by atoms with Gasteiger partial charge in [0, 0.05) is 11.1 Å². The lowest BCUT2D eigenvalue weighted by atomic mass is 9.81. The van der Waals surface area contributed by atoms with E-state index >= 15 is 0 Å². The fraction of sp³-hybridized carbons (Fsp3) is 0.265. The molecule has 0 aliphatic carbocycles. The zero-order valence-corrected chi connectivity index (χ0v) is 32.1. The molecular weight excluding hydrogens is 777 g/mol. The van der Waals surface area contributed by atoms with Crippen LogP contribution in [0.25, 0.3) is 11.1 Å². The Balaban J connectivity index is 1.87. The summed E-state index contributed by atoms with van der Waals surface area (Å²) in [5.74, 6) is -2.10. The average Bonchev–Trinajstić information content (AvgIpc) is 3.06. The highest BCUT2D eigenvalue weighted by atomic mass is 32.2. The molecule has 0 spiro atoms. The summed E-state index contributed by atoms with van der Waals surface area (Å²) >= 11 is 0. The van der Waals surface area contributed by atoms with E-state index in [-0.39, 0.29) is 18.3 Å². The lowest BCUT2D eigenvalue weighted by Crippen LogP contribution is -2.24. The zero-order chi connectivity index (χ0) is 39.9. The van der Waals surface area contributed by atoms with Gasteiger partial charge in [0.2, 0.25) is 0 Å². The number of hydrogen-bond acceptors (Lipinski definition) is 11. The van der Waals surface area contributed by atoms with Crippen LogP contribution >= 0.6 is 0 Å². The van der Waals surface area contributed by atoms with Gasteiger partial charge in [-0.2, -0.15) is 33.7 Å². The third-order valence-corrected chi connectivity index (χ3v) is 11.9. The molecular formula is C34H36O15S4. The molecule has 4 aromatic rings. The van der Waals surface area contributed by atoms with E-state index in [1.807, 2.05) is 13.8 Å². The quantitative estimate of drug-likeness (QED) is 0.0813. The molecule has 0 aliphatic rings. The van der Waals surface area contributed by atoms with Crippen LogP contribution in [0, 0.1) is 0 Å². The second kappa shape index (κ2) is 14.9. The van der Waals surface area contributed by atoms with Crippen molar-refractivity contribution in [1.29, 1.82) is 0 Å².